The molecule has 0 spiro atoms. The van der Waals surface area contributed by atoms with E-state index in [2.05, 4.69) is 20.7 Å². The second-order valence-electron chi connectivity index (χ2n) is 5.46. The lowest BCUT2D eigenvalue weighted by Crippen LogP contribution is -2.15. The molecule has 0 aliphatic carbocycles. The molecule has 1 heterocycles. The third-order valence-electron chi connectivity index (χ3n) is 3.61. The van der Waals surface area contributed by atoms with E-state index in [1.807, 2.05) is 6.92 Å². The minimum Gasteiger partial charge on any atom is -0.289 e. The molecule has 0 radical (unpaired) electrons. The van der Waals surface area contributed by atoms with Gasteiger partial charge in [-0.25, -0.2) is 8.42 Å². The molecule has 1 aromatic heterocycles. The van der Waals surface area contributed by atoms with Crippen LogP contribution in [0.4, 0.5) is 5.69 Å². The first-order valence-corrected chi connectivity index (χ1v) is 10.9. The number of halogens is 2. The lowest BCUT2D eigenvalue weighted by atomic mass is 10.0. The zero-order valence-corrected chi connectivity index (χ0v) is 17.5. The summed E-state index contributed by atoms with van der Waals surface area (Å²) in [6.45, 7) is 1.82. The van der Waals surface area contributed by atoms with Gasteiger partial charge in [-0.15, -0.1) is 11.3 Å². The Bertz CT molecular complexity index is 1060. The fraction of sp³-hybridized carbons (Fsp3) is 0.0556. The Kier molecular flexibility index (Phi) is 5.53. The molecule has 0 amide bonds. The van der Waals surface area contributed by atoms with E-state index >= 15 is 0 Å². The minimum absolute atomic E-state index is 0.162. The predicted molar refractivity (Wildman–Crippen MR) is 109 cm³/mol. The minimum atomic E-state index is -3.82. The molecule has 0 saturated heterocycles. The number of nitrogens with one attached hydrogen (secondary N) is 1. The highest BCUT2D eigenvalue weighted by molar-refractivity contribution is 9.10. The summed E-state index contributed by atoms with van der Waals surface area (Å²) in [5.74, 6) is -0.311. The van der Waals surface area contributed by atoms with Gasteiger partial charge in [0.2, 0.25) is 0 Å². The molecular weight excluding hydrogens is 458 g/mol. The SMILES string of the molecule is Cc1sc(S(=O)(=O)Nc2ccc(Cl)cc2C(=O)c2ccccc2)cc1Br. The van der Waals surface area contributed by atoms with Gasteiger partial charge < -0.3 is 0 Å². The number of anilines is 1. The fourth-order valence-corrected chi connectivity index (χ4v) is 5.66. The van der Waals surface area contributed by atoms with Crippen LogP contribution in [0.3, 0.4) is 0 Å². The molecule has 0 fully saturated rings. The topological polar surface area (TPSA) is 63.2 Å². The van der Waals surface area contributed by atoms with E-state index in [0.717, 1.165) is 20.7 Å². The first kappa shape index (κ1) is 19.1. The molecule has 0 bridgehead atoms. The summed E-state index contributed by atoms with van der Waals surface area (Å²) in [4.78, 5) is 13.7. The van der Waals surface area contributed by atoms with Crippen molar-refractivity contribution in [2.75, 3.05) is 4.72 Å². The highest BCUT2D eigenvalue weighted by atomic mass is 79.9. The van der Waals surface area contributed by atoms with Gasteiger partial charge in [0, 0.05) is 25.5 Å². The fourth-order valence-electron chi connectivity index (χ4n) is 2.30. The van der Waals surface area contributed by atoms with Crippen molar-refractivity contribution < 1.29 is 13.2 Å². The Morgan fingerprint density at radius 1 is 1.12 bits per heavy atom. The maximum absolute atomic E-state index is 12.8. The largest absolute Gasteiger partial charge is 0.289 e. The van der Waals surface area contributed by atoms with Crippen LogP contribution >= 0.6 is 38.9 Å². The van der Waals surface area contributed by atoms with Gasteiger partial charge >= 0.3 is 0 Å². The van der Waals surface area contributed by atoms with E-state index in [1.54, 1.807) is 30.3 Å². The standard InChI is InChI=1S/C18H13BrClNO3S2/c1-11-15(19)10-17(25-11)26(23,24)21-16-8-7-13(20)9-14(16)18(22)12-5-3-2-4-6-12/h2-10,21H,1H3. The molecule has 3 aromatic rings. The first-order valence-electron chi connectivity index (χ1n) is 7.46. The van der Waals surface area contributed by atoms with Crippen molar-refractivity contribution in [1.82, 2.24) is 0 Å². The highest BCUT2D eigenvalue weighted by Crippen LogP contribution is 2.32. The molecule has 134 valence electrons. The van der Waals surface area contributed by atoms with Crippen LogP contribution < -0.4 is 4.72 Å². The normalized spacial score (nSPS) is 11.3. The van der Waals surface area contributed by atoms with Gasteiger partial charge in [0.15, 0.2) is 5.78 Å². The number of thiophene rings is 1. The summed E-state index contributed by atoms with van der Waals surface area (Å²) in [5, 5.41) is 0.349. The third-order valence-corrected chi connectivity index (χ3v) is 7.82. The molecule has 4 nitrogen and oxygen atoms in total. The maximum atomic E-state index is 12.8. The Morgan fingerprint density at radius 3 is 2.42 bits per heavy atom. The van der Waals surface area contributed by atoms with Gasteiger partial charge in [-0.1, -0.05) is 41.9 Å². The van der Waals surface area contributed by atoms with Gasteiger partial charge in [0.25, 0.3) is 10.0 Å². The van der Waals surface area contributed by atoms with E-state index in [9.17, 15) is 13.2 Å². The Balaban J connectivity index is 2.02. The number of carbonyl (C=O) groups is 1. The Morgan fingerprint density at radius 2 is 1.81 bits per heavy atom. The summed E-state index contributed by atoms with van der Waals surface area (Å²) in [5.41, 5.74) is 0.829. The van der Waals surface area contributed by atoms with Crippen molar-refractivity contribution >= 4 is 60.4 Å². The van der Waals surface area contributed by atoms with Gasteiger partial charge in [-0.2, -0.15) is 0 Å². The number of ketones is 1. The zero-order chi connectivity index (χ0) is 18.9. The second kappa shape index (κ2) is 7.52. The zero-order valence-electron chi connectivity index (χ0n) is 13.5. The quantitative estimate of drug-likeness (QED) is 0.501. The average molecular weight is 471 g/mol. The first-order chi connectivity index (χ1) is 12.3. The van der Waals surface area contributed by atoms with E-state index in [0.29, 0.717) is 10.6 Å². The van der Waals surface area contributed by atoms with Crippen molar-refractivity contribution in [3.05, 3.63) is 80.1 Å². The van der Waals surface area contributed by atoms with Crippen LogP contribution in [-0.2, 0) is 10.0 Å². The van der Waals surface area contributed by atoms with Crippen molar-refractivity contribution in [3.8, 4) is 0 Å². The average Bonchev–Trinajstić information content (AvgIpc) is 2.96. The van der Waals surface area contributed by atoms with E-state index in [4.69, 9.17) is 11.6 Å². The molecule has 26 heavy (non-hydrogen) atoms. The molecule has 0 aliphatic rings. The van der Waals surface area contributed by atoms with Gasteiger partial charge in [-0.3, -0.25) is 9.52 Å². The summed E-state index contributed by atoms with van der Waals surface area (Å²) < 4.78 is 28.8. The molecule has 2 aromatic carbocycles. The number of sulfonamides is 1. The molecule has 0 atom stereocenters. The number of rotatable bonds is 5. The number of aryl methyl sites for hydroxylation is 1. The van der Waals surface area contributed by atoms with Crippen LogP contribution in [0.15, 0.2) is 63.3 Å². The highest BCUT2D eigenvalue weighted by Gasteiger charge is 2.22. The van der Waals surface area contributed by atoms with Gasteiger partial charge in [0.1, 0.15) is 4.21 Å². The summed E-state index contributed by atoms with van der Waals surface area (Å²) in [6, 6.07) is 14.7. The van der Waals surface area contributed by atoms with Crippen molar-refractivity contribution in [2.45, 2.75) is 11.1 Å². The Labute approximate surface area is 169 Å². The van der Waals surface area contributed by atoms with Crippen molar-refractivity contribution in [2.24, 2.45) is 0 Å². The second-order valence-corrected chi connectivity index (χ2v) is 9.92. The lowest BCUT2D eigenvalue weighted by molar-refractivity contribution is 0.103. The van der Waals surface area contributed by atoms with E-state index in [-0.39, 0.29) is 21.2 Å². The number of carbonyl (C=O) groups excluding carboxylic acids is 1. The smallest absolute Gasteiger partial charge is 0.271 e. The van der Waals surface area contributed by atoms with Crippen LogP contribution in [0.25, 0.3) is 0 Å². The van der Waals surface area contributed by atoms with Crippen LogP contribution in [0.1, 0.15) is 20.8 Å². The maximum Gasteiger partial charge on any atom is 0.271 e. The van der Waals surface area contributed by atoms with Gasteiger partial charge in [0.05, 0.1) is 5.69 Å². The van der Waals surface area contributed by atoms with Crippen molar-refractivity contribution in [1.29, 1.82) is 0 Å². The van der Waals surface area contributed by atoms with Crippen LogP contribution in [0.5, 0.6) is 0 Å². The predicted octanol–water partition coefficient (Wildman–Crippen LogP) is 5.50. The third kappa shape index (κ3) is 4.01. The summed E-state index contributed by atoms with van der Waals surface area (Å²) >= 11 is 10.5. The van der Waals surface area contributed by atoms with Crippen LogP contribution in [0, 0.1) is 6.92 Å². The van der Waals surface area contributed by atoms with Crippen molar-refractivity contribution in [3.63, 3.8) is 0 Å². The summed E-state index contributed by atoms with van der Waals surface area (Å²) in [7, 11) is -3.82. The summed E-state index contributed by atoms with van der Waals surface area (Å²) in [6.07, 6.45) is 0. The molecule has 0 saturated carbocycles. The lowest BCUT2D eigenvalue weighted by Gasteiger charge is -2.12. The molecule has 8 heteroatoms. The molecule has 3 rings (SSSR count). The van der Waals surface area contributed by atoms with Crippen LogP contribution in [0.2, 0.25) is 5.02 Å². The van der Waals surface area contributed by atoms with E-state index in [1.165, 1.54) is 24.3 Å². The molecule has 0 unspecified atom stereocenters. The molecule has 0 aliphatic heterocycles. The number of hydrogen-bond donors (Lipinski definition) is 1. The molecular formula is C18H13BrClNO3S2. The molecule has 1 N–H and O–H groups in total. The van der Waals surface area contributed by atoms with Crippen LogP contribution in [-0.4, -0.2) is 14.2 Å². The number of hydrogen-bond acceptors (Lipinski definition) is 4. The monoisotopic (exact) mass is 469 g/mol. The van der Waals surface area contributed by atoms with E-state index < -0.39 is 10.0 Å². The Hall–Kier alpha value is -1.67. The number of benzene rings is 2. The van der Waals surface area contributed by atoms with Gasteiger partial charge in [-0.05, 0) is 47.1 Å².